The quantitative estimate of drug-likeness (QED) is 0.0991. The van der Waals surface area contributed by atoms with E-state index in [0.717, 1.165) is 34.4 Å². The highest BCUT2D eigenvalue weighted by Gasteiger charge is 2.48. The largest absolute Gasteiger partial charge is 0.507 e. The van der Waals surface area contributed by atoms with Gasteiger partial charge in [0.15, 0.2) is 5.13 Å². The second kappa shape index (κ2) is 12.6. The zero-order chi connectivity index (χ0) is 30.7. The van der Waals surface area contributed by atoms with E-state index in [-0.39, 0.29) is 27.9 Å². The van der Waals surface area contributed by atoms with Gasteiger partial charge >= 0.3 is 11.9 Å². The number of ketones is 1. The van der Waals surface area contributed by atoms with Crippen LogP contribution in [0.5, 0.6) is 5.75 Å². The molecule has 5 rings (SSSR count). The van der Waals surface area contributed by atoms with E-state index in [9.17, 15) is 19.5 Å². The Balaban J connectivity index is 1.57. The normalized spacial score (nSPS) is 16.0. The lowest BCUT2D eigenvalue weighted by atomic mass is 9.94. The fourth-order valence-electron chi connectivity index (χ4n) is 5.00. The summed E-state index contributed by atoms with van der Waals surface area (Å²) in [5, 5.41) is 11.8. The molecule has 43 heavy (non-hydrogen) atoms. The van der Waals surface area contributed by atoms with Crippen molar-refractivity contribution in [1.82, 2.24) is 4.98 Å². The SMILES string of the molecule is CCOC(=O)c1sc(N2C(=O)C(=O)/C(=C(/O)c3ccc(OCc4ccccc4)c(C)c3)[C@H]2c2ccc(CC)cc2)nc1C. The first-order valence-corrected chi connectivity index (χ1v) is 14.9. The summed E-state index contributed by atoms with van der Waals surface area (Å²) in [4.78, 5) is 45.7. The van der Waals surface area contributed by atoms with Crippen molar-refractivity contribution in [2.45, 2.75) is 46.8 Å². The standard InChI is InChI=1S/C34H32N2O6S/c1-5-22-12-14-24(15-13-22)28-27(30(38)32(39)36(28)34-35-21(4)31(43-34)33(40)41-6-2)29(37)25-16-17-26(20(3)18-25)42-19-23-10-8-7-9-11-23/h7-18,28,37H,5-6,19H2,1-4H3/b29-27+/t28-/m1/s1. The summed E-state index contributed by atoms with van der Waals surface area (Å²) >= 11 is 0.981. The first kappa shape index (κ1) is 29.7. The molecule has 8 nitrogen and oxygen atoms in total. The molecule has 1 fully saturated rings. The molecule has 0 spiro atoms. The third kappa shape index (κ3) is 5.94. The number of amides is 1. The maximum atomic E-state index is 13.6. The Morgan fingerprint density at radius 2 is 1.70 bits per heavy atom. The van der Waals surface area contributed by atoms with E-state index in [1.165, 1.54) is 4.90 Å². The molecule has 1 atom stereocenters. The molecule has 0 unspecified atom stereocenters. The average molecular weight is 597 g/mol. The van der Waals surface area contributed by atoms with Crippen molar-refractivity contribution in [3.8, 4) is 5.75 Å². The summed E-state index contributed by atoms with van der Waals surface area (Å²) in [5.41, 5.74) is 4.19. The maximum absolute atomic E-state index is 13.6. The Morgan fingerprint density at radius 1 is 0.977 bits per heavy atom. The summed E-state index contributed by atoms with van der Waals surface area (Å²) in [6.45, 7) is 7.81. The van der Waals surface area contributed by atoms with Crippen LogP contribution in [-0.2, 0) is 27.4 Å². The third-order valence-corrected chi connectivity index (χ3v) is 8.42. The lowest BCUT2D eigenvalue weighted by Gasteiger charge is -2.23. The number of aliphatic hydroxyl groups excluding tert-OH is 1. The van der Waals surface area contributed by atoms with Crippen molar-refractivity contribution in [3.05, 3.63) is 117 Å². The van der Waals surface area contributed by atoms with E-state index in [1.807, 2.05) is 68.4 Å². The first-order valence-electron chi connectivity index (χ1n) is 14.1. The van der Waals surface area contributed by atoms with Gasteiger partial charge in [0, 0.05) is 5.56 Å². The number of rotatable bonds is 9. The molecule has 1 N–H and O–H groups in total. The van der Waals surface area contributed by atoms with Gasteiger partial charge in [-0.25, -0.2) is 9.78 Å². The number of hydrogen-bond donors (Lipinski definition) is 1. The lowest BCUT2D eigenvalue weighted by molar-refractivity contribution is -0.132. The van der Waals surface area contributed by atoms with E-state index >= 15 is 0 Å². The number of thiazole rings is 1. The van der Waals surface area contributed by atoms with E-state index in [4.69, 9.17) is 9.47 Å². The molecule has 0 radical (unpaired) electrons. The number of aliphatic hydroxyl groups is 1. The van der Waals surface area contributed by atoms with Crippen molar-refractivity contribution >= 4 is 39.9 Å². The molecular formula is C34H32N2O6S. The van der Waals surface area contributed by atoms with Crippen LogP contribution in [-0.4, -0.2) is 34.4 Å². The second-order valence-electron chi connectivity index (χ2n) is 10.2. The topological polar surface area (TPSA) is 106 Å². The van der Waals surface area contributed by atoms with Gasteiger partial charge in [0.2, 0.25) is 0 Å². The van der Waals surface area contributed by atoms with Crippen LogP contribution in [0.2, 0.25) is 0 Å². The number of carbonyl (C=O) groups excluding carboxylic acids is 3. The highest BCUT2D eigenvalue weighted by atomic mass is 32.1. The Bertz CT molecular complexity index is 1710. The maximum Gasteiger partial charge on any atom is 0.350 e. The van der Waals surface area contributed by atoms with Gasteiger partial charge < -0.3 is 14.6 Å². The second-order valence-corrected chi connectivity index (χ2v) is 11.1. The molecule has 1 aliphatic heterocycles. The molecule has 220 valence electrons. The fraction of sp³-hybridized carbons (Fsp3) is 0.235. The number of nitrogens with zero attached hydrogens (tertiary/aromatic N) is 2. The smallest absolute Gasteiger partial charge is 0.350 e. The Kier molecular flexibility index (Phi) is 8.73. The molecule has 9 heteroatoms. The van der Waals surface area contributed by atoms with E-state index in [0.29, 0.717) is 29.2 Å². The predicted octanol–water partition coefficient (Wildman–Crippen LogP) is 6.70. The van der Waals surface area contributed by atoms with Crippen LogP contribution in [0.15, 0.2) is 78.4 Å². The molecule has 3 aromatic carbocycles. The summed E-state index contributed by atoms with van der Waals surface area (Å²) in [7, 11) is 0. The van der Waals surface area contributed by atoms with Gasteiger partial charge in [-0.2, -0.15) is 0 Å². The number of Topliss-reactive ketones (excluding diaryl/α,β-unsaturated/α-hetero) is 1. The Labute approximate surface area is 254 Å². The summed E-state index contributed by atoms with van der Waals surface area (Å²) in [6.07, 6.45) is 0.813. The van der Waals surface area contributed by atoms with E-state index < -0.39 is 23.7 Å². The van der Waals surface area contributed by atoms with Crippen LogP contribution in [0.1, 0.15) is 63.1 Å². The molecule has 1 saturated heterocycles. The number of ether oxygens (including phenoxy) is 2. The Morgan fingerprint density at radius 3 is 2.35 bits per heavy atom. The number of esters is 1. The minimum Gasteiger partial charge on any atom is -0.507 e. The van der Waals surface area contributed by atoms with Crippen LogP contribution in [0, 0.1) is 13.8 Å². The van der Waals surface area contributed by atoms with E-state index in [2.05, 4.69) is 4.98 Å². The highest BCUT2D eigenvalue weighted by Crippen LogP contribution is 2.44. The van der Waals surface area contributed by atoms with Crippen LogP contribution >= 0.6 is 11.3 Å². The molecule has 1 aromatic heterocycles. The lowest BCUT2D eigenvalue weighted by Crippen LogP contribution is -2.29. The highest BCUT2D eigenvalue weighted by molar-refractivity contribution is 7.17. The number of aryl methyl sites for hydroxylation is 3. The van der Waals surface area contributed by atoms with Crippen molar-refractivity contribution in [1.29, 1.82) is 0 Å². The van der Waals surface area contributed by atoms with Crippen molar-refractivity contribution < 1.29 is 29.0 Å². The summed E-state index contributed by atoms with van der Waals surface area (Å²) in [6, 6.07) is 21.5. The van der Waals surface area contributed by atoms with Crippen LogP contribution in [0.4, 0.5) is 5.13 Å². The third-order valence-electron chi connectivity index (χ3n) is 7.29. The minimum absolute atomic E-state index is 0.0582. The van der Waals surface area contributed by atoms with E-state index in [1.54, 1.807) is 32.0 Å². The van der Waals surface area contributed by atoms with Crippen LogP contribution in [0.25, 0.3) is 5.76 Å². The van der Waals surface area contributed by atoms with Gasteiger partial charge in [-0.1, -0.05) is 72.9 Å². The van der Waals surface area contributed by atoms with Crippen LogP contribution < -0.4 is 9.64 Å². The molecular weight excluding hydrogens is 564 g/mol. The fourth-order valence-corrected chi connectivity index (χ4v) is 5.99. The molecule has 4 aromatic rings. The van der Waals surface area contributed by atoms with Gasteiger partial charge in [-0.3, -0.25) is 14.5 Å². The first-order chi connectivity index (χ1) is 20.7. The molecule has 0 bridgehead atoms. The number of benzene rings is 3. The predicted molar refractivity (Wildman–Crippen MR) is 165 cm³/mol. The number of hydrogen-bond acceptors (Lipinski definition) is 8. The molecule has 0 saturated carbocycles. The van der Waals surface area contributed by atoms with Crippen molar-refractivity contribution in [2.75, 3.05) is 11.5 Å². The van der Waals surface area contributed by atoms with Gasteiger partial charge in [0.05, 0.1) is 23.9 Å². The number of carbonyl (C=O) groups is 3. The molecule has 1 aliphatic rings. The van der Waals surface area contributed by atoms with Crippen LogP contribution in [0.3, 0.4) is 0 Å². The number of aromatic nitrogens is 1. The van der Waals surface area contributed by atoms with Gasteiger partial charge in [-0.15, -0.1) is 0 Å². The number of anilines is 1. The van der Waals surface area contributed by atoms with Crippen molar-refractivity contribution in [2.24, 2.45) is 0 Å². The molecule has 0 aliphatic carbocycles. The monoisotopic (exact) mass is 596 g/mol. The van der Waals surface area contributed by atoms with Gasteiger partial charge in [-0.05, 0) is 67.6 Å². The van der Waals surface area contributed by atoms with Crippen molar-refractivity contribution in [3.63, 3.8) is 0 Å². The zero-order valence-electron chi connectivity index (χ0n) is 24.4. The van der Waals surface area contributed by atoms with Gasteiger partial charge in [0.1, 0.15) is 23.0 Å². The molecule has 1 amide bonds. The Hall–Kier alpha value is -4.76. The average Bonchev–Trinajstić information content (AvgIpc) is 3.52. The minimum atomic E-state index is -0.958. The summed E-state index contributed by atoms with van der Waals surface area (Å²) < 4.78 is 11.1. The molecule has 2 heterocycles. The van der Waals surface area contributed by atoms with Gasteiger partial charge in [0.25, 0.3) is 5.78 Å². The summed E-state index contributed by atoms with van der Waals surface area (Å²) in [5.74, 6) is -1.89. The zero-order valence-corrected chi connectivity index (χ0v) is 25.2.